The summed E-state index contributed by atoms with van der Waals surface area (Å²) in [6.07, 6.45) is 1.96. The smallest absolute Gasteiger partial charge is 0.119 e. The summed E-state index contributed by atoms with van der Waals surface area (Å²) in [6.45, 7) is 8.71. The van der Waals surface area contributed by atoms with Crippen LogP contribution in [0.4, 0.5) is 0 Å². The molecule has 1 rings (SSSR count). The highest BCUT2D eigenvalue weighted by atomic mass is 32.2. The van der Waals surface area contributed by atoms with Crippen molar-refractivity contribution < 1.29 is 0 Å². The summed E-state index contributed by atoms with van der Waals surface area (Å²) in [5.41, 5.74) is 1.27. The highest BCUT2D eigenvalue weighted by Crippen LogP contribution is 2.17. The average Bonchev–Trinajstić information content (AvgIpc) is 2.43. The third kappa shape index (κ3) is 2.50. The fourth-order valence-electron chi connectivity index (χ4n) is 1.50. The topological polar surface area (TPSA) is 17.8 Å². The minimum absolute atomic E-state index is 0.523. The summed E-state index contributed by atoms with van der Waals surface area (Å²) in [6, 6.07) is 0.523. The SMILES string of the molecule is CCSCc1ncc(C)n1C(C)C. The Bertz CT molecular complexity index is 266. The van der Waals surface area contributed by atoms with Gasteiger partial charge in [0.15, 0.2) is 0 Å². The molecule has 0 aromatic carbocycles. The second kappa shape index (κ2) is 4.70. The molecule has 2 nitrogen and oxygen atoms in total. The fraction of sp³-hybridized carbons (Fsp3) is 0.700. The lowest BCUT2D eigenvalue weighted by Gasteiger charge is -2.13. The Morgan fingerprint density at radius 3 is 2.77 bits per heavy atom. The molecule has 74 valence electrons. The van der Waals surface area contributed by atoms with E-state index in [0.29, 0.717) is 6.04 Å². The molecule has 1 aromatic heterocycles. The van der Waals surface area contributed by atoms with Gasteiger partial charge in [0, 0.05) is 17.9 Å². The van der Waals surface area contributed by atoms with Gasteiger partial charge in [-0.25, -0.2) is 4.98 Å². The Balaban J connectivity index is 2.81. The number of hydrogen-bond donors (Lipinski definition) is 0. The van der Waals surface area contributed by atoms with Crippen molar-refractivity contribution in [3.05, 3.63) is 17.7 Å². The standard InChI is InChI=1S/C10H18N2S/c1-5-13-7-10-11-6-9(4)12(10)8(2)3/h6,8H,5,7H2,1-4H3. The highest BCUT2D eigenvalue weighted by Gasteiger charge is 2.08. The van der Waals surface area contributed by atoms with E-state index in [-0.39, 0.29) is 0 Å². The molecule has 0 atom stereocenters. The van der Waals surface area contributed by atoms with Gasteiger partial charge in [-0.3, -0.25) is 0 Å². The van der Waals surface area contributed by atoms with Crippen LogP contribution >= 0.6 is 11.8 Å². The van der Waals surface area contributed by atoms with E-state index in [2.05, 4.69) is 37.2 Å². The van der Waals surface area contributed by atoms with Crippen molar-refractivity contribution in [1.29, 1.82) is 0 Å². The first-order valence-electron chi connectivity index (χ1n) is 4.77. The van der Waals surface area contributed by atoms with Gasteiger partial charge in [-0.1, -0.05) is 6.92 Å². The Kier molecular flexibility index (Phi) is 3.85. The van der Waals surface area contributed by atoms with Crippen LogP contribution in [0.15, 0.2) is 6.20 Å². The molecule has 1 aromatic rings. The van der Waals surface area contributed by atoms with Crippen molar-refractivity contribution in [2.75, 3.05) is 5.75 Å². The monoisotopic (exact) mass is 198 g/mol. The van der Waals surface area contributed by atoms with Crippen molar-refractivity contribution in [3.8, 4) is 0 Å². The van der Waals surface area contributed by atoms with Crippen LogP contribution in [0.5, 0.6) is 0 Å². The predicted octanol–water partition coefficient (Wildman–Crippen LogP) is 3.03. The first-order chi connectivity index (χ1) is 6.16. The van der Waals surface area contributed by atoms with E-state index in [9.17, 15) is 0 Å². The Hall–Kier alpha value is -0.440. The summed E-state index contributed by atoms with van der Waals surface area (Å²) in [5, 5.41) is 0. The van der Waals surface area contributed by atoms with E-state index in [4.69, 9.17) is 0 Å². The quantitative estimate of drug-likeness (QED) is 0.740. The molecule has 13 heavy (non-hydrogen) atoms. The molecule has 1 heterocycles. The zero-order chi connectivity index (χ0) is 9.84. The molecule has 0 saturated carbocycles. The number of aromatic nitrogens is 2. The van der Waals surface area contributed by atoms with Gasteiger partial charge in [0.1, 0.15) is 5.82 Å². The minimum atomic E-state index is 0.523. The highest BCUT2D eigenvalue weighted by molar-refractivity contribution is 7.98. The Morgan fingerprint density at radius 1 is 1.54 bits per heavy atom. The van der Waals surface area contributed by atoms with Crippen molar-refractivity contribution in [2.24, 2.45) is 0 Å². The molecule has 0 spiro atoms. The molecule has 0 aliphatic rings. The number of thioether (sulfide) groups is 1. The second-order valence-corrected chi connectivity index (χ2v) is 4.69. The van der Waals surface area contributed by atoms with Gasteiger partial charge in [-0.2, -0.15) is 11.8 Å². The Morgan fingerprint density at radius 2 is 2.23 bits per heavy atom. The maximum Gasteiger partial charge on any atom is 0.119 e. The molecule has 3 heteroatoms. The third-order valence-corrected chi connectivity index (χ3v) is 2.88. The number of hydrogen-bond acceptors (Lipinski definition) is 2. The van der Waals surface area contributed by atoms with Crippen LogP contribution < -0.4 is 0 Å². The maximum absolute atomic E-state index is 4.42. The number of imidazole rings is 1. The molecule has 0 amide bonds. The number of aryl methyl sites for hydroxylation is 1. The number of nitrogens with zero attached hydrogens (tertiary/aromatic N) is 2. The fourth-order valence-corrected chi connectivity index (χ4v) is 2.10. The van der Waals surface area contributed by atoms with E-state index in [1.807, 2.05) is 18.0 Å². The molecule has 0 bridgehead atoms. The summed E-state index contributed by atoms with van der Waals surface area (Å²) < 4.78 is 2.31. The van der Waals surface area contributed by atoms with E-state index < -0.39 is 0 Å². The van der Waals surface area contributed by atoms with Gasteiger partial charge in [0.25, 0.3) is 0 Å². The molecule has 0 fully saturated rings. The average molecular weight is 198 g/mol. The second-order valence-electron chi connectivity index (χ2n) is 3.42. The normalized spacial score (nSPS) is 11.2. The van der Waals surface area contributed by atoms with Gasteiger partial charge in [0.2, 0.25) is 0 Å². The van der Waals surface area contributed by atoms with Gasteiger partial charge >= 0.3 is 0 Å². The van der Waals surface area contributed by atoms with Gasteiger partial charge in [0.05, 0.1) is 5.75 Å². The predicted molar refractivity (Wildman–Crippen MR) is 59.2 cm³/mol. The summed E-state index contributed by atoms with van der Waals surface area (Å²) in [5.74, 6) is 3.39. The molecule has 0 radical (unpaired) electrons. The van der Waals surface area contributed by atoms with E-state index >= 15 is 0 Å². The molecule has 0 saturated heterocycles. The van der Waals surface area contributed by atoms with Crippen LogP contribution in [0.25, 0.3) is 0 Å². The molecule has 0 N–H and O–H groups in total. The molecular formula is C10H18N2S. The van der Waals surface area contributed by atoms with Crippen LogP contribution in [0.1, 0.15) is 38.3 Å². The molecule has 0 aliphatic heterocycles. The lowest BCUT2D eigenvalue weighted by Crippen LogP contribution is -2.07. The van der Waals surface area contributed by atoms with Gasteiger partial charge in [-0.15, -0.1) is 0 Å². The first kappa shape index (κ1) is 10.6. The zero-order valence-electron chi connectivity index (χ0n) is 8.87. The lowest BCUT2D eigenvalue weighted by atomic mass is 10.3. The first-order valence-corrected chi connectivity index (χ1v) is 5.92. The number of rotatable bonds is 4. The molecule has 0 aliphatic carbocycles. The van der Waals surface area contributed by atoms with Crippen LogP contribution in [0, 0.1) is 6.92 Å². The van der Waals surface area contributed by atoms with Gasteiger partial charge < -0.3 is 4.57 Å². The van der Waals surface area contributed by atoms with E-state index in [1.165, 1.54) is 11.5 Å². The molecular weight excluding hydrogens is 180 g/mol. The molecule has 0 unspecified atom stereocenters. The van der Waals surface area contributed by atoms with E-state index in [0.717, 1.165) is 11.5 Å². The maximum atomic E-state index is 4.42. The summed E-state index contributed by atoms with van der Waals surface area (Å²) in [4.78, 5) is 4.42. The summed E-state index contributed by atoms with van der Waals surface area (Å²) in [7, 11) is 0. The lowest BCUT2D eigenvalue weighted by molar-refractivity contribution is 0.567. The van der Waals surface area contributed by atoms with Crippen molar-refractivity contribution in [3.63, 3.8) is 0 Å². The minimum Gasteiger partial charge on any atom is -0.329 e. The van der Waals surface area contributed by atoms with Gasteiger partial charge in [-0.05, 0) is 26.5 Å². The van der Waals surface area contributed by atoms with Crippen LogP contribution in [-0.4, -0.2) is 15.3 Å². The van der Waals surface area contributed by atoms with Crippen LogP contribution in [-0.2, 0) is 5.75 Å². The van der Waals surface area contributed by atoms with E-state index in [1.54, 1.807) is 0 Å². The largest absolute Gasteiger partial charge is 0.329 e. The van der Waals surface area contributed by atoms with Crippen molar-refractivity contribution in [2.45, 2.75) is 39.5 Å². The zero-order valence-corrected chi connectivity index (χ0v) is 9.69. The van der Waals surface area contributed by atoms with Crippen LogP contribution in [0.2, 0.25) is 0 Å². The van der Waals surface area contributed by atoms with Crippen LogP contribution in [0.3, 0.4) is 0 Å². The summed E-state index contributed by atoms with van der Waals surface area (Å²) >= 11 is 1.92. The van der Waals surface area contributed by atoms with Crippen molar-refractivity contribution in [1.82, 2.24) is 9.55 Å². The van der Waals surface area contributed by atoms with Crippen molar-refractivity contribution >= 4 is 11.8 Å². The Labute approximate surface area is 84.7 Å². The third-order valence-electron chi connectivity index (χ3n) is 2.01.